The number of nitrogens with zero attached hydrogens (tertiary/aromatic N) is 3. The Balaban J connectivity index is 2.62. The van der Waals surface area contributed by atoms with E-state index < -0.39 is 0 Å². The second-order valence-corrected chi connectivity index (χ2v) is 3.26. The van der Waals surface area contributed by atoms with Crippen LogP contribution in [0.2, 0.25) is 0 Å². The number of aryl methyl sites for hydroxylation is 1. The molecule has 13 heavy (non-hydrogen) atoms. The van der Waals surface area contributed by atoms with E-state index in [2.05, 4.69) is 15.5 Å². The average molecular weight is 183 g/mol. The van der Waals surface area contributed by atoms with Crippen LogP contribution in [0, 0.1) is 0 Å². The van der Waals surface area contributed by atoms with E-state index in [4.69, 9.17) is 5.73 Å². The van der Waals surface area contributed by atoms with Crippen molar-refractivity contribution in [3.63, 3.8) is 0 Å². The molecule has 0 saturated heterocycles. The van der Waals surface area contributed by atoms with Crippen molar-refractivity contribution in [1.82, 2.24) is 14.8 Å². The molecule has 0 spiro atoms. The Hall–Kier alpha value is -1.10. The van der Waals surface area contributed by atoms with Gasteiger partial charge in [0.05, 0.1) is 0 Å². The molecule has 0 saturated carbocycles. The van der Waals surface area contributed by atoms with E-state index in [0.29, 0.717) is 0 Å². The Morgan fingerprint density at radius 2 is 2.23 bits per heavy atom. The van der Waals surface area contributed by atoms with Gasteiger partial charge in [0.15, 0.2) is 0 Å². The maximum Gasteiger partial charge on any atom is 0.224 e. The van der Waals surface area contributed by atoms with Gasteiger partial charge < -0.3 is 15.6 Å². The van der Waals surface area contributed by atoms with Crippen LogP contribution in [-0.4, -0.2) is 27.9 Å². The molecule has 0 radical (unpaired) electrons. The van der Waals surface area contributed by atoms with Gasteiger partial charge in [-0.05, 0) is 13.3 Å². The van der Waals surface area contributed by atoms with E-state index in [0.717, 1.165) is 24.6 Å². The summed E-state index contributed by atoms with van der Waals surface area (Å²) in [6, 6.07) is 0.217. The van der Waals surface area contributed by atoms with Crippen molar-refractivity contribution in [2.75, 3.05) is 12.4 Å². The number of hydrogen-bond acceptors (Lipinski definition) is 4. The molecule has 1 aromatic heterocycles. The smallest absolute Gasteiger partial charge is 0.224 e. The summed E-state index contributed by atoms with van der Waals surface area (Å²) in [7, 11) is 3.78. The van der Waals surface area contributed by atoms with Crippen LogP contribution in [0.25, 0.3) is 0 Å². The molecular formula is C8H17N5. The molecule has 0 aliphatic heterocycles. The lowest BCUT2D eigenvalue weighted by atomic mass is 10.2. The van der Waals surface area contributed by atoms with Gasteiger partial charge in [-0.25, -0.2) is 0 Å². The lowest BCUT2D eigenvalue weighted by Gasteiger charge is -2.04. The Morgan fingerprint density at radius 3 is 2.69 bits per heavy atom. The quantitative estimate of drug-likeness (QED) is 0.696. The molecule has 1 rings (SSSR count). The summed E-state index contributed by atoms with van der Waals surface area (Å²) in [5, 5.41) is 11.0. The highest BCUT2D eigenvalue weighted by Crippen LogP contribution is 2.06. The zero-order valence-corrected chi connectivity index (χ0v) is 8.41. The van der Waals surface area contributed by atoms with Crippen molar-refractivity contribution in [2.24, 2.45) is 12.8 Å². The van der Waals surface area contributed by atoms with Crippen molar-refractivity contribution < 1.29 is 0 Å². The van der Waals surface area contributed by atoms with Crippen LogP contribution in [-0.2, 0) is 13.5 Å². The van der Waals surface area contributed by atoms with Gasteiger partial charge in [-0.1, -0.05) is 0 Å². The van der Waals surface area contributed by atoms with Crippen LogP contribution >= 0.6 is 0 Å². The summed E-state index contributed by atoms with van der Waals surface area (Å²) in [5.41, 5.74) is 5.66. The van der Waals surface area contributed by atoms with E-state index in [1.165, 1.54) is 0 Å². The molecule has 0 bridgehead atoms. The Labute approximate surface area is 78.3 Å². The third-order valence-corrected chi connectivity index (χ3v) is 2.01. The van der Waals surface area contributed by atoms with E-state index in [9.17, 15) is 0 Å². The number of nitrogens with two attached hydrogens (primary N) is 1. The van der Waals surface area contributed by atoms with Gasteiger partial charge in [0.25, 0.3) is 0 Å². The minimum Gasteiger partial charge on any atom is -0.357 e. The summed E-state index contributed by atoms with van der Waals surface area (Å²) in [6.45, 7) is 2.00. The SMILES string of the molecule is CNc1nnc(CCC(C)N)n1C. The molecule has 5 heteroatoms. The van der Waals surface area contributed by atoms with Gasteiger partial charge in [0, 0.05) is 26.6 Å². The summed E-state index contributed by atoms with van der Waals surface area (Å²) in [4.78, 5) is 0. The van der Waals surface area contributed by atoms with E-state index in [1.807, 2.05) is 25.6 Å². The Bertz CT molecular complexity index is 265. The fourth-order valence-corrected chi connectivity index (χ4v) is 1.15. The van der Waals surface area contributed by atoms with Crippen molar-refractivity contribution in [2.45, 2.75) is 25.8 Å². The lowest BCUT2D eigenvalue weighted by molar-refractivity contribution is 0.632. The van der Waals surface area contributed by atoms with Gasteiger partial charge in [0.2, 0.25) is 5.95 Å². The fraction of sp³-hybridized carbons (Fsp3) is 0.750. The molecule has 5 nitrogen and oxygen atoms in total. The van der Waals surface area contributed by atoms with Gasteiger partial charge >= 0.3 is 0 Å². The largest absolute Gasteiger partial charge is 0.357 e. The molecule has 0 aromatic carbocycles. The number of aromatic nitrogens is 3. The van der Waals surface area contributed by atoms with Crippen molar-refractivity contribution in [1.29, 1.82) is 0 Å². The van der Waals surface area contributed by atoms with Crippen LogP contribution < -0.4 is 11.1 Å². The minimum absolute atomic E-state index is 0.217. The second kappa shape index (κ2) is 4.23. The molecule has 0 amide bonds. The normalized spacial score (nSPS) is 12.9. The predicted octanol–water partition coefficient (Wildman–Crippen LogP) is 0.137. The van der Waals surface area contributed by atoms with Crippen LogP contribution in [0.3, 0.4) is 0 Å². The third kappa shape index (κ3) is 2.42. The molecular weight excluding hydrogens is 166 g/mol. The number of rotatable bonds is 4. The predicted molar refractivity (Wildman–Crippen MR) is 52.5 cm³/mol. The second-order valence-electron chi connectivity index (χ2n) is 3.26. The average Bonchev–Trinajstić information content (AvgIpc) is 2.43. The van der Waals surface area contributed by atoms with E-state index in [1.54, 1.807) is 0 Å². The topological polar surface area (TPSA) is 68.8 Å². The molecule has 1 unspecified atom stereocenters. The maximum atomic E-state index is 5.66. The number of hydrogen-bond donors (Lipinski definition) is 2. The highest BCUT2D eigenvalue weighted by molar-refractivity contribution is 5.23. The monoisotopic (exact) mass is 183 g/mol. The zero-order valence-electron chi connectivity index (χ0n) is 8.41. The highest BCUT2D eigenvalue weighted by Gasteiger charge is 2.06. The number of anilines is 1. The number of nitrogens with one attached hydrogen (secondary N) is 1. The summed E-state index contributed by atoms with van der Waals surface area (Å²) in [6.07, 6.45) is 1.82. The maximum absolute atomic E-state index is 5.66. The summed E-state index contributed by atoms with van der Waals surface area (Å²) in [5.74, 6) is 1.77. The lowest BCUT2D eigenvalue weighted by Crippen LogP contribution is -2.16. The molecule has 3 N–H and O–H groups in total. The van der Waals surface area contributed by atoms with Crippen LogP contribution in [0.15, 0.2) is 0 Å². The van der Waals surface area contributed by atoms with Gasteiger partial charge in [0.1, 0.15) is 5.82 Å². The standard InChI is InChI=1S/C8H17N5/c1-6(9)4-5-7-11-12-8(10-2)13(7)3/h6H,4-5,9H2,1-3H3,(H,10,12). The third-order valence-electron chi connectivity index (χ3n) is 2.01. The van der Waals surface area contributed by atoms with Gasteiger partial charge in [-0.3, -0.25) is 0 Å². The van der Waals surface area contributed by atoms with Crippen molar-refractivity contribution in [3.05, 3.63) is 5.82 Å². The van der Waals surface area contributed by atoms with Crippen LogP contribution in [0.1, 0.15) is 19.2 Å². The van der Waals surface area contributed by atoms with E-state index in [-0.39, 0.29) is 6.04 Å². The van der Waals surface area contributed by atoms with E-state index >= 15 is 0 Å². The van der Waals surface area contributed by atoms with Crippen molar-refractivity contribution in [3.8, 4) is 0 Å². The molecule has 1 heterocycles. The van der Waals surface area contributed by atoms with Gasteiger partial charge in [-0.15, -0.1) is 10.2 Å². The first-order valence-corrected chi connectivity index (χ1v) is 4.46. The molecule has 0 aliphatic rings. The first-order valence-electron chi connectivity index (χ1n) is 4.46. The summed E-state index contributed by atoms with van der Waals surface area (Å²) >= 11 is 0. The Morgan fingerprint density at radius 1 is 1.54 bits per heavy atom. The molecule has 1 aromatic rings. The molecule has 74 valence electrons. The van der Waals surface area contributed by atoms with Crippen LogP contribution in [0.5, 0.6) is 0 Å². The zero-order chi connectivity index (χ0) is 9.84. The highest BCUT2D eigenvalue weighted by atomic mass is 15.3. The minimum atomic E-state index is 0.217. The molecule has 0 aliphatic carbocycles. The van der Waals surface area contributed by atoms with Gasteiger partial charge in [-0.2, -0.15) is 0 Å². The first kappa shape index (κ1) is 9.98. The first-order chi connectivity index (χ1) is 6.15. The van der Waals surface area contributed by atoms with Crippen LogP contribution in [0.4, 0.5) is 5.95 Å². The molecule has 1 atom stereocenters. The summed E-state index contributed by atoms with van der Waals surface area (Å²) < 4.78 is 1.95. The fourth-order valence-electron chi connectivity index (χ4n) is 1.15. The molecule has 0 fully saturated rings. The van der Waals surface area contributed by atoms with Crippen molar-refractivity contribution >= 4 is 5.95 Å². The Kier molecular flexibility index (Phi) is 3.25.